The molecular weight excluding hydrogens is 372 g/mol. The van der Waals surface area contributed by atoms with Crippen LogP contribution in [0, 0.1) is 0 Å². The van der Waals surface area contributed by atoms with Gasteiger partial charge in [-0.2, -0.15) is 4.31 Å². The van der Waals surface area contributed by atoms with Crippen LogP contribution in [0.1, 0.15) is 17.7 Å². The summed E-state index contributed by atoms with van der Waals surface area (Å²) in [6, 6.07) is 3.60. The molecule has 3 rings (SSSR count). The van der Waals surface area contributed by atoms with Crippen LogP contribution in [0.15, 0.2) is 41.7 Å². The summed E-state index contributed by atoms with van der Waals surface area (Å²) in [4.78, 5) is 3.17. The summed E-state index contributed by atoms with van der Waals surface area (Å²) in [6.07, 6.45) is 4.84. The molecule has 0 N–H and O–H groups in total. The first-order chi connectivity index (χ1) is 12.5. The van der Waals surface area contributed by atoms with Crippen molar-refractivity contribution < 1.29 is 17.9 Å². The smallest absolute Gasteiger partial charge is 0.252 e. The fraction of sp³-hybridized carbons (Fsp3) is 0.556. The minimum atomic E-state index is -3.47. The summed E-state index contributed by atoms with van der Waals surface area (Å²) >= 11 is 1.33. The highest BCUT2D eigenvalue weighted by Gasteiger charge is 2.42. The molecule has 144 valence electrons. The average molecular weight is 399 g/mol. The van der Waals surface area contributed by atoms with Gasteiger partial charge in [0.15, 0.2) is 5.79 Å². The van der Waals surface area contributed by atoms with Gasteiger partial charge in [-0.15, -0.1) is 24.5 Å². The predicted octanol–water partition coefficient (Wildman–Crippen LogP) is 2.45. The van der Waals surface area contributed by atoms with Crippen molar-refractivity contribution in [1.29, 1.82) is 0 Å². The molecule has 0 atom stereocenters. The quantitative estimate of drug-likeness (QED) is 0.630. The average Bonchev–Trinajstić information content (AvgIpc) is 3.26. The van der Waals surface area contributed by atoms with Gasteiger partial charge in [-0.25, -0.2) is 8.42 Å². The largest absolute Gasteiger partial charge is 0.347 e. The van der Waals surface area contributed by atoms with Crippen molar-refractivity contribution >= 4 is 21.4 Å². The van der Waals surface area contributed by atoms with Crippen molar-refractivity contribution in [2.24, 2.45) is 0 Å². The van der Waals surface area contributed by atoms with Gasteiger partial charge in [-0.05, 0) is 12.1 Å². The molecule has 26 heavy (non-hydrogen) atoms. The van der Waals surface area contributed by atoms with Crippen molar-refractivity contribution in [3.8, 4) is 0 Å². The first kappa shape index (κ1) is 19.7. The Morgan fingerprint density at radius 2 is 1.77 bits per heavy atom. The minimum Gasteiger partial charge on any atom is -0.347 e. The Bertz CT molecular complexity index is 718. The molecule has 0 aliphatic carbocycles. The topological polar surface area (TPSA) is 59.1 Å². The Morgan fingerprint density at radius 3 is 2.35 bits per heavy atom. The molecule has 0 bridgehead atoms. The van der Waals surface area contributed by atoms with Crippen LogP contribution in [-0.4, -0.2) is 62.8 Å². The minimum absolute atomic E-state index is 0.397. The number of sulfonamides is 1. The maximum absolute atomic E-state index is 12.9. The van der Waals surface area contributed by atoms with Crippen molar-refractivity contribution in [2.45, 2.75) is 29.4 Å². The van der Waals surface area contributed by atoms with Crippen LogP contribution in [0.4, 0.5) is 0 Å². The lowest BCUT2D eigenvalue weighted by atomic mass is 10.1. The second kappa shape index (κ2) is 8.33. The van der Waals surface area contributed by atoms with E-state index in [0.717, 1.165) is 18.0 Å². The Hall–Kier alpha value is -1.03. The maximum Gasteiger partial charge on any atom is 0.252 e. The highest BCUT2D eigenvalue weighted by Crippen LogP contribution is 2.34. The fourth-order valence-corrected chi connectivity index (χ4v) is 6.35. The van der Waals surface area contributed by atoms with E-state index in [1.54, 1.807) is 10.4 Å². The Morgan fingerprint density at radius 1 is 1.15 bits per heavy atom. The summed E-state index contributed by atoms with van der Waals surface area (Å²) in [5.41, 5.74) is 0. The summed E-state index contributed by atoms with van der Waals surface area (Å²) in [6.45, 7) is 11.7. The lowest BCUT2D eigenvalue weighted by Gasteiger charge is -2.36. The van der Waals surface area contributed by atoms with Crippen LogP contribution < -0.4 is 0 Å². The molecule has 0 unspecified atom stereocenters. The molecule has 1 aromatic heterocycles. The molecule has 1 spiro atoms. The van der Waals surface area contributed by atoms with Gasteiger partial charge >= 0.3 is 0 Å². The molecule has 2 aliphatic heterocycles. The first-order valence-electron chi connectivity index (χ1n) is 8.80. The number of piperidine rings is 1. The molecule has 2 saturated heterocycles. The van der Waals surface area contributed by atoms with E-state index in [9.17, 15) is 8.42 Å². The van der Waals surface area contributed by atoms with E-state index in [4.69, 9.17) is 9.47 Å². The zero-order valence-electron chi connectivity index (χ0n) is 14.9. The summed E-state index contributed by atoms with van der Waals surface area (Å²) in [5, 5.41) is 0. The van der Waals surface area contributed by atoms with E-state index < -0.39 is 15.8 Å². The fourth-order valence-electron chi connectivity index (χ4n) is 3.35. The molecular formula is C18H26N2O4S2. The molecule has 6 nitrogen and oxygen atoms in total. The zero-order chi connectivity index (χ0) is 18.6. The van der Waals surface area contributed by atoms with Crippen LogP contribution in [0.3, 0.4) is 0 Å². The van der Waals surface area contributed by atoms with Crippen molar-refractivity contribution in [3.63, 3.8) is 0 Å². The Balaban J connectivity index is 1.65. The van der Waals surface area contributed by atoms with Gasteiger partial charge < -0.3 is 9.47 Å². The lowest BCUT2D eigenvalue weighted by molar-refractivity contribution is -0.179. The third kappa shape index (κ3) is 4.27. The number of hydrogen-bond donors (Lipinski definition) is 0. The number of ether oxygens (including phenoxy) is 2. The van der Waals surface area contributed by atoms with Crippen molar-refractivity contribution in [2.75, 3.05) is 39.4 Å². The third-order valence-corrected chi connectivity index (χ3v) is 8.12. The molecule has 0 saturated carbocycles. The molecule has 2 fully saturated rings. The molecule has 8 heteroatoms. The maximum atomic E-state index is 12.9. The van der Waals surface area contributed by atoms with E-state index in [-0.39, 0.29) is 0 Å². The van der Waals surface area contributed by atoms with Crippen LogP contribution in [0.2, 0.25) is 0 Å². The highest BCUT2D eigenvalue weighted by atomic mass is 32.2. The number of hydrogen-bond acceptors (Lipinski definition) is 6. The normalized spacial score (nSPS) is 20.7. The molecule has 0 radical (unpaired) electrons. The number of nitrogens with zero attached hydrogens (tertiary/aromatic N) is 2. The Labute approximate surface area is 159 Å². The second-order valence-electron chi connectivity index (χ2n) is 6.50. The van der Waals surface area contributed by atoms with E-state index in [0.29, 0.717) is 49.9 Å². The van der Waals surface area contributed by atoms with Gasteiger partial charge in [0.05, 0.1) is 13.2 Å². The van der Waals surface area contributed by atoms with Gasteiger partial charge in [0, 0.05) is 50.4 Å². The van der Waals surface area contributed by atoms with Crippen LogP contribution in [0.25, 0.3) is 0 Å². The zero-order valence-corrected chi connectivity index (χ0v) is 16.6. The van der Waals surface area contributed by atoms with Crippen LogP contribution in [-0.2, 0) is 26.0 Å². The van der Waals surface area contributed by atoms with Gasteiger partial charge in [0.2, 0.25) is 0 Å². The molecule has 0 aromatic carbocycles. The summed E-state index contributed by atoms with van der Waals surface area (Å²) in [5.74, 6) is -0.567. The monoisotopic (exact) mass is 398 g/mol. The van der Waals surface area contributed by atoms with Crippen molar-refractivity contribution in [1.82, 2.24) is 9.21 Å². The third-order valence-electron chi connectivity index (χ3n) is 4.68. The van der Waals surface area contributed by atoms with Crippen LogP contribution in [0.5, 0.6) is 0 Å². The van der Waals surface area contributed by atoms with Gasteiger partial charge in [0.25, 0.3) is 10.0 Å². The van der Waals surface area contributed by atoms with E-state index >= 15 is 0 Å². The lowest BCUT2D eigenvalue weighted by Crippen LogP contribution is -2.47. The van der Waals surface area contributed by atoms with E-state index in [1.165, 1.54) is 11.3 Å². The van der Waals surface area contributed by atoms with E-state index in [1.807, 2.05) is 18.2 Å². The predicted molar refractivity (Wildman–Crippen MR) is 103 cm³/mol. The molecule has 2 aliphatic rings. The SMILES string of the molecule is C=CCN(CC=C)Cc1ccc(S(=O)(=O)N2CCC3(CC2)OCCO3)s1. The summed E-state index contributed by atoms with van der Waals surface area (Å²) < 4.78 is 39.2. The van der Waals surface area contributed by atoms with Crippen molar-refractivity contribution in [3.05, 3.63) is 42.3 Å². The number of rotatable bonds is 8. The first-order valence-corrected chi connectivity index (χ1v) is 11.1. The molecule has 3 heterocycles. The Kier molecular flexibility index (Phi) is 6.32. The second-order valence-corrected chi connectivity index (χ2v) is 9.84. The summed E-state index contributed by atoms with van der Waals surface area (Å²) in [7, 11) is -3.47. The number of thiophene rings is 1. The van der Waals surface area contributed by atoms with Crippen LogP contribution >= 0.6 is 11.3 Å². The van der Waals surface area contributed by atoms with Gasteiger partial charge in [-0.3, -0.25) is 4.90 Å². The highest BCUT2D eigenvalue weighted by molar-refractivity contribution is 7.91. The van der Waals surface area contributed by atoms with Gasteiger partial charge in [-0.1, -0.05) is 12.2 Å². The van der Waals surface area contributed by atoms with E-state index in [2.05, 4.69) is 18.1 Å². The molecule has 0 amide bonds. The standard InChI is InChI=1S/C18H26N2O4S2/c1-3-9-19(10-4-2)15-16-5-6-17(25-16)26(21,22)20-11-7-18(8-12-20)23-13-14-24-18/h3-6H,1-2,7-15H2. The molecule has 1 aromatic rings. The van der Waals surface area contributed by atoms with Gasteiger partial charge in [0.1, 0.15) is 4.21 Å².